The number of piperazine rings is 1. The first-order chi connectivity index (χ1) is 13.5. The first-order valence-electron chi connectivity index (χ1n) is 9.21. The smallest absolute Gasteiger partial charge is 0.328 e. The molecule has 1 amide bonds. The first kappa shape index (κ1) is 20.6. The molecule has 1 aliphatic heterocycles. The van der Waals surface area contributed by atoms with Crippen molar-refractivity contribution >= 4 is 35.1 Å². The zero-order chi connectivity index (χ0) is 20.1. The highest BCUT2D eigenvalue weighted by Crippen LogP contribution is 2.26. The third-order valence-electron chi connectivity index (χ3n) is 4.77. The van der Waals surface area contributed by atoms with Crippen LogP contribution in [0, 0.1) is 0 Å². The zero-order valence-electron chi connectivity index (χ0n) is 15.6. The molecule has 0 N–H and O–H groups in total. The largest absolute Gasteiger partial charge is 0.465 e. The maximum Gasteiger partial charge on any atom is 0.328 e. The van der Waals surface area contributed by atoms with Crippen molar-refractivity contribution in [2.24, 2.45) is 0 Å². The van der Waals surface area contributed by atoms with E-state index in [9.17, 15) is 9.59 Å². The van der Waals surface area contributed by atoms with E-state index in [-0.39, 0.29) is 11.9 Å². The maximum atomic E-state index is 12.8. The lowest BCUT2D eigenvalue weighted by atomic mass is 10.0. The molecule has 1 fully saturated rings. The maximum absolute atomic E-state index is 12.8. The van der Waals surface area contributed by atoms with E-state index < -0.39 is 6.04 Å². The quantitative estimate of drug-likeness (QED) is 0.684. The van der Waals surface area contributed by atoms with Crippen LogP contribution in [0.2, 0.25) is 10.0 Å². The van der Waals surface area contributed by atoms with Crippen LogP contribution in [0.3, 0.4) is 0 Å². The molecule has 2 aromatic rings. The van der Waals surface area contributed by atoms with Gasteiger partial charge in [-0.1, -0.05) is 47.5 Å². The van der Waals surface area contributed by atoms with Crippen LogP contribution in [-0.2, 0) is 9.53 Å². The predicted molar refractivity (Wildman–Crippen MR) is 110 cm³/mol. The second kappa shape index (κ2) is 9.41. The minimum absolute atomic E-state index is 0.0931. The second-order valence-electron chi connectivity index (χ2n) is 6.51. The third-order valence-corrected chi connectivity index (χ3v) is 5.35. The molecule has 5 nitrogen and oxygen atoms in total. The number of esters is 1. The van der Waals surface area contributed by atoms with E-state index in [0.717, 1.165) is 5.56 Å². The number of amides is 1. The molecule has 2 aromatic carbocycles. The van der Waals surface area contributed by atoms with Gasteiger partial charge in [-0.15, -0.1) is 0 Å². The van der Waals surface area contributed by atoms with Crippen LogP contribution in [0.25, 0.3) is 0 Å². The Morgan fingerprint density at radius 2 is 1.64 bits per heavy atom. The van der Waals surface area contributed by atoms with Gasteiger partial charge in [-0.2, -0.15) is 0 Å². The van der Waals surface area contributed by atoms with Gasteiger partial charge in [-0.25, -0.2) is 4.79 Å². The minimum atomic E-state index is -0.519. The number of halogens is 2. The average molecular weight is 421 g/mol. The van der Waals surface area contributed by atoms with Crippen molar-refractivity contribution in [1.29, 1.82) is 0 Å². The topological polar surface area (TPSA) is 49.9 Å². The summed E-state index contributed by atoms with van der Waals surface area (Å²) in [5, 5.41) is 1.06. The van der Waals surface area contributed by atoms with Crippen LogP contribution in [0.4, 0.5) is 0 Å². The van der Waals surface area contributed by atoms with Crippen LogP contribution in [0.15, 0.2) is 48.5 Å². The Bertz CT molecular complexity index is 834. The van der Waals surface area contributed by atoms with E-state index in [2.05, 4.69) is 0 Å². The number of carbonyl (C=O) groups excluding carboxylic acids is 2. The van der Waals surface area contributed by atoms with Gasteiger partial charge in [0.1, 0.15) is 6.04 Å². The first-order valence-corrected chi connectivity index (χ1v) is 9.96. The number of hydrogen-bond acceptors (Lipinski definition) is 4. The van der Waals surface area contributed by atoms with Gasteiger partial charge in [0.25, 0.3) is 5.91 Å². The van der Waals surface area contributed by atoms with Crippen molar-refractivity contribution in [3.05, 3.63) is 69.7 Å². The van der Waals surface area contributed by atoms with Crippen molar-refractivity contribution < 1.29 is 14.3 Å². The van der Waals surface area contributed by atoms with Crippen molar-refractivity contribution in [3.63, 3.8) is 0 Å². The van der Waals surface area contributed by atoms with Crippen LogP contribution >= 0.6 is 23.2 Å². The SMILES string of the molecule is CCOC(=O)C(c1ccc(Cl)cc1)N1CCN(C(=O)c2ccccc2Cl)CC1. The highest BCUT2D eigenvalue weighted by molar-refractivity contribution is 6.33. The van der Waals surface area contributed by atoms with Crippen LogP contribution in [0.1, 0.15) is 28.9 Å². The third kappa shape index (κ3) is 4.66. The summed E-state index contributed by atoms with van der Waals surface area (Å²) in [5.41, 5.74) is 1.32. The van der Waals surface area contributed by atoms with Gasteiger partial charge in [0, 0.05) is 31.2 Å². The van der Waals surface area contributed by atoms with Gasteiger partial charge in [0.2, 0.25) is 0 Å². The van der Waals surface area contributed by atoms with Gasteiger partial charge >= 0.3 is 5.97 Å². The number of carbonyl (C=O) groups is 2. The number of ether oxygens (including phenoxy) is 1. The molecule has 0 aromatic heterocycles. The summed E-state index contributed by atoms with van der Waals surface area (Å²) < 4.78 is 5.29. The molecule has 1 atom stereocenters. The molecule has 1 saturated heterocycles. The number of nitrogens with zero attached hydrogens (tertiary/aromatic N) is 2. The highest BCUT2D eigenvalue weighted by Gasteiger charge is 2.33. The molecule has 1 heterocycles. The summed E-state index contributed by atoms with van der Waals surface area (Å²) in [6, 6.07) is 13.7. The molecular formula is C21H22Cl2N2O3. The van der Waals surface area contributed by atoms with E-state index in [1.54, 1.807) is 48.2 Å². The fourth-order valence-corrected chi connectivity index (χ4v) is 3.69. The lowest BCUT2D eigenvalue weighted by Crippen LogP contribution is -2.51. The fourth-order valence-electron chi connectivity index (χ4n) is 3.35. The van der Waals surface area contributed by atoms with Gasteiger partial charge in [0.05, 0.1) is 17.2 Å². The Morgan fingerprint density at radius 1 is 1.00 bits per heavy atom. The molecule has 148 valence electrons. The Balaban J connectivity index is 1.73. The van der Waals surface area contributed by atoms with Gasteiger partial charge in [-0.3, -0.25) is 9.69 Å². The van der Waals surface area contributed by atoms with Gasteiger partial charge < -0.3 is 9.64 Å². The van der Waals surface area contributed by atoms with E-state index in [1.807, 2.05) is 17.0 Å². The standard InChI is InChI=1S/C21H22Cl2N2O3/c1-2-28-21(27)19(15-7-9-16(22)10-8-15)24-11-13-25(14-12-24)20(26)17-5-3-4-6-18(17)23/h3-10,19H,2,11-14H2,1H3. The van der Waals surface area contributed by atoms with Crippen molar-refractivity contribution in [3.8, 4) is 0 Å². The number of rotatable bonds is 5. The van der Waals surface area contributed by atoms with E-state index in [4.69, 9.17) is 27.9 Å². The summed E-state index contributed by atoms with van der Waals surface area (Å²) in [6.45, 7) is 4.23. The van der Waals surface area contributed by atoms with E-state index in [0.29, 0.717) is 48.4 Å². The Labute approximate surface area is 174 Å². The second-order valence-corrected chi connectivity index (χ2v) is 7.36. The molecule has 1 aliphatic rings. The Hall–Kier alpha value is -2.08. The van der Waals surface area contributed by atoms with Crippen LogP contribution in [-0.4, -0.2) is 54.5 Å². The average Bonchev–Trinajstić information content (AvgIpc) is 2.70. The zero-order valence-corrected chi connectivity index (χ0v) is 17.1. The van der Waals surface area contributed by atoms with Gasteiger partial charge in [0.15, 0.2) is 0 Å². The van der Waals surface area contributed by atoms with E-state index in [1.165, 1.54) is 0 Å². The molecule has 0 saturated carbocycles. The lowest BCUT2D eigenvalue weighted by Gasteiger charge is -2.38. The lowest BCUT2D eigenvalue weighted by molar-refractivity contribution is -0.150. The summed E-state index contributed by atoms with van der Waals surface area (Å²) in [5.74, 6) is -0.389. The molecule has 0 bridgehead atoms. The molecule has 28 heavy (non-hydrogen) atoms. The summed E-state index contributed by atoms with van der Waals surface area (Å²) >= 11 is 12.1. The molecule has 0 spiro atoms. The van der Waals surface area contributed by atoms with Crippen LogP contribution in [0.5, 0.6) is 0 Å². The summed E-state index contributed by atoms with van der Waals surface area (Å²) in [6.07, 6.45) is 0. The Kier molecular flexibility index (Phi) is 6.94. The number of hydrogen-bond donors (Lipinski definition) is 0. The Morgan fingerprint density at radius 3 is 2.25 bits per heavy atom. The summed E-state index contributed by atoms with van der Waals surface area (Å²) in [7, 11) is 0. The van der Waals surface area contributed by atoms with Crippen molar-refractivity contribution in [1.82, 2.24) is 9.80 Å². The fraction of sp³-hybridized carbons (Fsp3) is 0.333. The molecular weight excluding hydrogens is 399 g/mol. The number of benzene rings is 2. The normalized spacial score (nSPS) is 15.9. The predicted octanol–water partition coefficient (Wildman–Crippen LogP) is 4.06. The van der Waals surface area contributed by atoms with Crippen molar-refractivity contribution in [2.75, 3.05) is 32.8 Å². The molecule has 1 unspecified atom stereocenters. The van der Waals surface area contributed by atoms with Gasteiger partial charge in [-0.05, 0) is 36.8 Å². The van der Waals surface area contributed by atoms with Crippen LogP contribution < -0.4 is 0 Å². The molecule has 7 heteroatoms. The molecule has 0 aliphatic carbocycles. The monoisotopic (exact) mass is 420 g/mol. The molecule has 0 radical (unpaired) electrons. The van der Waals surface area contributed by atoms with E-state index >= 15 is 0 Å². The minimum Gasteiger partial charge on any atom is -0.465 e. The van der Waals surface area contributed by atoms with Crippen molar-refractivity contribution in [2.45, 2.75) is 13.0 Å². The molecule has 3 rings (SSSR count). The highest BCUT2D eigenvalue weighted by atomic mass is 35.5. The summed E-state index contributed by atoms with van der Waals surface area (Å²) in [4.78, 5) is 29.2.